The first-order chi connectivity index (χ1) is 22.4. The Morgan fingerprint density at radius 1 is 0.872 bits per heavy atom. The number of hydrogen-bond acceptors (Lipinski definition) is 5. The highest BCUT2D eigenvalue weighted by Crippen LogP contribution is 2.29. The van der Waals surface area contributed by atoms with Crippen LogP contribution in [-0.4, -0.2) is 50.9 Å². The second-order valence-corrected chi connectivity index (χ2v) is 14.1. The molecule has 0 fully saturated rings. The topological polar surface area (TPSA) is 96.0 Å². The minimum absolute atomic E-state index is 0.0614. The molecule has 47 heavy (non-hydrogen) atoms. The van der Waals surface area contributed by atoms with Crippen molar-refractivity contribution < 1.29 is 22.7 Å². The second-order valence-electron chi connectivity index (χ2n) is 10.9. The molecule has 0 aliphatic carbocycles. The van der Waals surface area contributed by atoms with Gasteiger partial charge in [0.15, 0.2) is 0 Å². The van der Waals surface area contributed by atoms with E-state index >= 15 is 0 Å². The number of ether oxygens (including phenoxy) is 1. The van der Waals surface area contributed by atoms with E-state index in [0.717, 1.165) is 9.87 Å². The maximum atomic E-state index is 14.6. The summed E-state index contributed by atoms with van der Waals surface area (Å²) in [6, 6.07) is 25.1. The van der Waals surface area contributed by atoms with Crippen molar-refractivity contribution in [1.29, 1.82) is 0 Å². The van der Waals surface area contributed by atoms with Gasteiger partial charge in [-0.2, -0.15) is 0 Å². The van der Waals surface area contributed by atoms with Gasteiger partial charge < -0.3 is 15.0 Å². The van der Waals surface area contributed by atoms with E-state index in [-0.39, 0.29) is 40.5 Å². The van der Waals surface area contributed by atoms with Gasteiger partial charge in [-0.15, -0.1) is 0 Å². The number of carbonyl (C=O) groups excluding carboxylic acids is 2. The zero-order chi connectivity index (χ0) is 34.1. The Kier molecular flexibility index (Phi) is 12.6. The summed E-state index contributed by atoms with van der Waals surface area (Å²) in [6.45, 7) is 3.09. The molecule has 2 amide bonds. The number of halogens is 3. The molecule has 0 aliphatic rings. The molecule has 0 heterocycles. The van der Waals surface area contributed by atoms with Gasteiger partial charge in [0.05, 0.1) is 17.7 Å². The molecule has 8 nitrogen and oxygen atoms in total. The number of methoxy groups -OCH3 is 1. The van der Waals surface area contributed by atoms with E-state index in [0.29, 0.717) is 27.8 Å². The van der Waals surface area contributed by atoms with Crippen molar-refractivity contribution in [3.8, 4) is 5.75 Å². The predicted octanol–water partition coefficient (Wildman–Crippen LogP) is 7.41. The molecule has 0 bridgehead atoms. The number of hydrogen-bond donors (Lipinski definition) is 1. The normalized spacial score (nSPS) is 12.6. The molecule has 0 saturated heterocycles. The van der Waals surface area contributed by atoms with Crippen molar-refractivity contribution >= 4 is 62.3 Å². The summed E-state index contributed by atoms with van der Waals surface area (Å²) in [5.41, 5.74) is 1.52. The van der Waals surface area contributed by atoms with Gasteiger partial charge in [0.2, 0.25) is 11.8 Å². The highest BCUT2D eigenvalue weighted by molar-refractivity contribution is 7.92. The van der Waals surface area contributed by atoms with E-state index in [2.05, 4.69) is 5.32 Å². The lowest BCUT2D eigenvalue weighted by Gasteiger charge is -2.34. The lowest BCUT2D eigenvalue weighted by atomic mass is 10.0. The Morgan fingerprint density at radius 3 is 2.17 bits per heavy atom. The van der Waals surface area contributed by atoms with Gasteiger partial charge in [0, 0.05) is 34.1 Å². The standard InChI is InChI=1S/C35H36Cl3N3O5S/c1-4-24(2)39-35(43)33(19-25-9-6-5-7-10-25)40(22-26-13-14-28(37)21-32(26)38)34(42)23-41(29-12-8-11-27(36)20-29)47(44,45)31-17-15-30(46-3)16-18-31/h5-18,20-21,24,33H,4,19,22-23H2,1-3H3,(H,39,43)/t24-,33+/m1/s1. The first-order valence-corrected chi connectivity index (χ1v) is 17.5. The van der Waals surface area contributed by atoms with Gasteiger partial charge in [-0.3, -0.25) is 13.9 Å². The predicted molar refractivity (Wildman–Crippen MR) is 188 cm³/mol. The lowest BCUT2D eigenvalue weighted by molar-refractivity contribution is -0.140. The smallest absolute Gasteiger partial charge is 0.264 e. The fourth-order valence-corrected chi connectivity index (χ4v) is 6.92. The summed E-state index contributed by atoms with van der Waals surface area (Å²) in [4.78, 5) is 29.8. The van der Waals surface area contributed by atoms with Gasteiger partial charge in [-0.05, 0) is 79.1 Å². The van der Waals surface area contributed by atoms with Crippen molar-refractivity contribution in [2.45, 2.75) is 50.2 Å². The Bertz CT molecular complexity index is 1790. The summed E-state index contributed by atoms with van der Waals surface area (Å²) < 4.78 is 34.6. The Hall–Kier alpha value is -3.76. The van der Waals surface area contributed by atoms with Crippen LogP contribution in [-0.2, 0) is 32.6 Å². The lowest BCUT2D eigenvalue weighted by Crippen LogP contribution is -2.54. The van der Waals surface area contributed by atoms with Crippen LogP contribution in [0.3, 0.4) is 0 Å². The first kappa shape index (κ1) is 36.1. The summed E-state index contributed by atoms with van der Waals surface area (Å²) in [7, 11) is -2.83. The van der Waals surface area contributed by atoms with E-state index in [1.54, 1.807) is 36.4 Å². The molecule has 0 saturated carbocycles. The first-order valence-electron chi connectivity index (χ1n) is 14.9. The monoisotopic (exact) mass is 715 g/mol. The number of nitrogens with one attached hydrogen (secondary N) is 1. The quantitative estimate of drug-likeness (QED) is 0.147. The molecule has 0 aliphatic heterocycles. The third-order valence-electron chi connectivity index (χ3n) is 7.65. The van der Waals surface area contributed by atoms with Crippen LogP contribution in [0, 0.1) is 0 Å². The summed E-state index contributed by atoms with van der Waals surface area (Å²) >= 11 is 19.0. The van der Waals surface area contributed by atoms with Crippen LogP contribution in [0.4, 0.5) is 5.69 Å². The third kappa shape index (κ3) is 9.41. The Labute approximate surface area is 291 Å². The zero-order valence-corrected chi connectivity index (χ0v) is 29.3. The maximum absolute atomic E-state index is 14.6. The van der Waals surface area contributed by atoms with Gasteiger partial charge >= 0.3 is 0 Å². The van der Waals surface area contributed by atoms with Crippen LogP contribution >= 0.6 is 34.8 Å². The molecular formula is C35H36Cl3N3O5S. The Morgan fingerprint density at radius 2 is 1.55 bits per heavy atom. The number of nitrogens with zero attached hydrogens (tertiary/aromatic N) is 2. The van der Waals surface area contributed by atoms with Crippen LogP contribution in [0.2, 0.25) is 15.1 Å². The van der Waals surface area contributed by atoms with E-state index < -0.39 is 28.5 Å². The number of rotatable bonds is 14. The highest BCUT2D eigenvalue weighted by atomic mass is 35.5. The molecule has 0 spiro atoms. The van der Waals surface area contributed by atoms with Crippen molar-refractivity contribution in [1.82, 2.24) is 10.2 Å². The van der Waals surface area contributed by atoms with Gasteiger partial charge in [0.25, 0.3) is 10.0 Å². The van der Waals surface area contributed by atoms with E-state index in [1.165, 1.54) is 42.3 Å². The minimum atomic E-state index is -4.31. The molecule has 248 valence electrons. The summed E-state index contributed by atoms with van der Waals surface area (Å²) in [5, 5.41) is 3.99. The van der Waals surface area contributed by atoms with Crippen molar-refractivity contribution in [2.75, 3.05) is 18.0 Å². The third-order valence-corrected chi connectivity index (χ3v) is 10.3. The van der Waals surface area contributed by atoms with E-state index in [4.69, 9.17) is 39.5 Å². The highest BCUT2D eigenvalue weighted by Gasteiger charge is 2.35. The largest absolute Gasteiger partial charge is 0.497 e. The Balaban J connectivity index is 1.83. The van der Waals surface area contributed by atoms with Crippen LogP contribution in [0.5, 0.6) is 5.75 Å². The molecule has 4 aromatic rings. The number of benzene rings is 4. The van der Waals surface area contributed by atoms with Crippen molar-refractivity contribution in [3.63, 3.8) is 0 Å². The molecule has 1 N–H and O–H groups in total. The fraction of sp³-hybridized carbons (Fsp3) is 0.257. The van der Waals surface area contributed by atoms with Gasteiger partial charge in [-0.25, -0.2) is 8.42 Å². The van der Waals surface area contributed by atoms with E-state index in [1.807, 2.05) is 44.2 Å². The molecule has 4 aromatic carbocycles. The average Bonchev–Trinajstić information content (AvgIpc) is 3.06. The minimum Gasteiger partial charge on any atom is -0.497 e. The van der Waals surface area contributed by atoms with Crippen LogP contribution in [0.1, 0.15) is 31.4 Å². The van der Waals surface area contributed by atoms with Crippen LogP contribution in [0.25, 0.3) is 0 Å². The van der Waals surface area contributed by atoms with Crippen LogP contribution < -0.4 is 14.4 Å². The molecular weight excluding hydrogens is 681 g/mol. The van der Waals surface area contributed by atoms with Crippen molar-refractivity contribution in [2.24, 2.45) is 0 Å². The molecule has 0 radical (unpaired) electrons. The molecule has 0 aromatic heterocycles. The van der Waals surface area contributed by atoms with Crippen LogP contribution in [0.15, 0.2) is 102 Å². The number of carbonyl (C=O) groups is 2. The number of amides is 2. The van der Waals surface area contributed by atoms with Crippen molar-refractivity contribution in [3.05, 3.63) is 123 Å². The summed E-state index contributed by atoms with van der Waals surface area (Å²) in [6.07, 6.45) is 0.839. The molecule has 4 rings (SSSR count). The molecule has 0 unspecified atom stereocenters. The maximum Gasteiger partial charge on any atom is 0.264 e. The fourth-order valence-electron chi connectivity index (χ4n) is 4.86. The average molecular weight is 717 g/mol. The van der Waals surface area contributed by atoms with Gasteiger partial charge in [0.1, 0.15) is 18.3 Å². The molecule has 12 heteroatoms. The number of anilines is 1. The number of sulfonamides is 1. The van der Waals surface area contributed by atoms with E-state index in [9.17, 15) is 18.0 Å². The SMILES string of the molecule is CC[C@@H](C)NC(=O)[C@H](Cc1ccccc1)N(Cc1ccc(Cl)cc1Cl)C(=O)CN(c1cccc(Cl)c1)S(=O)(=O)c1ccc(OC)cc1. The second kappa shape index (κ2) is 16.4. The zero-order valence-electron chi connectivity index (χ0n) is 26.2. The summed E-state index contributed by atoms with van der Waals surface area (Å²) in [5.74, 6) is -0.543. The molecule has 2 atom stereocenters. The van der Waals surface area contributed by atoms with Gasteiger partial charge in [-0.1, -0.05) is 84.2 Å².